The second kappa shape index (κ2) is 7.96. The van der Waals surface area contributed by atoms with Crippen LogP contribution < -0.4 is 0 Å². The van der Waals surface area contributed by atoms with Gasteiger partial charge in [-0.1, -0.05) is 119 Å². The van der Waals surface area contributed by atoms with E-state index in [2.05, 4.69) is 15.9 Å². The maximum absolute atomic E-state index is 12.4. The smallest absolute Gasteiger partial charge is 0.152 e. The molecule has 2 nitrogen and oxygen atoms in total. The van der Waals surface area contributed by atoms with Gasteiger partial charge in [-0.15, -0.1) is 0 Å². The van der Waals surface area contributed by atoms with E-state index in [-0.39, 0.29) is 0 Å². The maximum atomic E-state index is 12.4. The summed E-state index contributed by atoms with van der Waals surface area (Å²) in [7, 11) is 0. The largest absolute Gasteiger partial charge is 0.377 e. The van der Waals surface area contributed by atoms with Crippen molar-refractivity contribution in [2.75, 3.05) is 0 Å². The average molecular weight is 445 g/mol. The van der Waals surface area contributed by atoms with Crippen molar-refractivity contribution in [3.63, 3.8) is 0 Å². The third kappa shape index (κ3) is 3.32. The van der Waals surface area contributed by atoms with Gasteiger partial charge in [0.1, 0.15) is 0 Å². The molecular formula is C26H21BrO2. The van der Waals surface area contributed by atoms with E-state index in [0.29, 0.717) is 22.3 Å². The molecule has 2 N–H and O–H groups in total. The van der Waals surface area contributed by atoms with E-state index < -0.39 is 11.2 Å². The summed E-state index contributed by atoms with van der Waals surface area (Å²) in [5.74, 6) is 0. The van der Waals surface area contributed by atoms with Crippen molar-refractivity contribution in [1.29, 1.82) is 0 Å². The predicted molar refractivity (Wildman–Crippen MR) is 119 cm³/mol. The Kier molecular flexibility index (Phi) is 5.37. The molecule has 0 aliphatic rings. The molecule has 0 spiro atoms. The summed E-state index contributed by atoms with van der Waals surface area (Å²) in [6.45, 7) is 0. The van der Waals surface area contributed by atoms with E-state index in [0.717, 1.165) is 4.47 Å². The summed E-state index contributed by atoms with van der Waals surface area (Å²) in [5.41, 5.74) is -1.01. The van der Waals surface area contributed by atoms with E-state index in [1.807, 2.05) is 115 Å². The van der Waals surface area contributed by atoms with Crippen LogP contribution in [0.15, 0.2) is 120 Å². The van der Waals surface area contributed by atoms with Crippen LogP contribution in [-0.2, 0) is 11.2 Å². The fourth-order valence-corrected chi connectivity index (χ4v) is 4.16. The van der Waals surface area contributed by atoms with Crippen LogP contribution >= 0.6 is 15.9 Å². The lowest BCUT2D eigenvalue weighted by Crippen LogP contribution is -2.51. The first-order valence-electron chi connectivity index (χ1n) is 9.44. The molecule has 4 rings (SSSR count). The number of rotatable bonds is 5. The number of aliphatic hydroxyl groups is 2. The number of benzene rings is 4. The maximum Gasteiger partial charge on any atom is 0.152 e. The van der Waals surface area contributed by atoms with Crippen molar-refractivity contribution < 1.29 is 10.2 Å². The monoisotopic (exact) mass is 444 g/mol. The zero-order valence-electron chi connectivity index (χ0n) is 15.7. The Morgan fingerprint density at radius 1 is 0.414 bits per heavy atom. The Labute approximate surface area is 179 Å². The summed E-state index contributed by atoms with van der Waals surface area (Å²) in [6, 6.07) is 35.4. The first kappa shape index (κ1) is 19.6. The SMILES string of the molecule is OC(c1ccccc1)(c1ccccc1)C(O)(c1ccccc1)c1ccc(Br)cc1. The van der Waals surface area contributed by atoms with Crippen LogP contribution in [0.25, 0.3) is 0 Å². The van der Waals surface area contributed by atoms with Crippen LogP contribution in [-0.4, -0.2) is 10.2 Å². The lowest BCUT2D eigenvalue weighted by molar-refractivity contribution is -0.113. The van der Waals surface area contributed by atoms with Gasteiger partial charge in [0.15, 0.2) is 11.2 Å². The summed E-state index contributed by atoms with van der Waals surface area (Å²) in [4.78, 5) is 0. The van der Waals surface area contributed by atoms with Gasteiger partial charge in [0.2, 0.25) is 0 Å². The van der Waals surface area contributed by atoms with Gasteiger partial charge < -0.3 is 10.2 Å². The van der Waals surface area contributed by atoms with Crippen molar-refractivity contribution in [3.8, 4) is 0 Å². The number of hydrogen-bond acceptors (Lipinski definition) is 2. The second-order valence-corrected chi connectivity index (χ2v) is 7.94. The highest BCUT2D eigenvalue weighted by Crippen LogP contribution is 2.49. The van der Waals surface area contributed by atoms with Crippen molar-refractivity contribution in [1.82, 2.24) is 0 Å². The average Bonchev–Trinajstić information content (AvgIpc) is 2.80. The molecule has 1 atom stereocenters. The third-order valence-corrected chi connectivity index (χ3v) is 5.89. The fraction of sp³-hybridized carbons (Fsp3) is 0.0769. The first-order chi connectivity index (χ1) is 14.1. The van der Waals surface area contributed by atoms with E-state index in [1.54, 1.807) is 0 Å². The summed E-state index contributed by atoms with van der Waals surface area (Å²) in [6.07, 6.45) is 0. The van der Waals surface area contributed by atoms with Crippen LogP contribution in [0.5, 0.6) is 0 Å². The molecule has 4 aromatic carbocycles. The molecule has 0 amide bonds. The zero-order chi connectivity index (χ0) is 20.3. The zero-order valence-corrected chi connectivity index (χ0v) is 17.3. The van der Waals surface area contributed by atoms with Crippen LogP contribution in [0.2, 0.25) is 0 Å². The molecule has 0 saturated heterocycles. The van der Waals surface area contributed by atoms with Crippen LogP contribution in [0.1, 0.15) is 22.3 Å². The molecule has 29 heavy (non-hydrogen) atoms. The molecule has 0 bridgehead atoms. The van der Waals surface area contributed by atoms with Gasteiger partial charge in [0.25, 0.3) is 0 Å². The second-order valence-electron chi connectivity index (χ2n) is 7.03. The van der Waals surface area contributed by atoms with Crippen molar-refractivity contribution in [2.24, 2.45) is 0 Å². The molecule has 0 aliphatic heterocycles. The van der Waals surface area contributed by atoms with Gasteiger partial charge in [-0.25, -0.2) is 0 Å². The van der Waals surface area contributed by atoms with Crippen molar-refractivity contribution >= 4 is 15.9 Å². The van der Waals surface area contributed by atoms with Crippen molar-refractivity contribution in [3.05, 3.63) is 142 Å². The minimum Gasteiger partial charge on any atom is -0.377 e. The Morgan fingerprint density at radius 3 is 1.00 bits per heavy atom. The Hall–Kier alpha value is -2.72. The van der Waals surface area contributed by atoms with E-state index in [4.69, 9.17) is 0 Å². The minimum atomic E-state index is -1.72. The van der Waals surface area contributed by atoms with Crippen molar-refractivity contribution in [2.45, 2.75) is 11.2 Å². The molecule has 0 aliphatic carbocycles. The highest BCUT2D eigenvalue weighted by Gasteiger charge is 2.54. The van der Waals surface area contributed by atoms with Crippen LogP contribution in [0.3, 0.4) is 0 Å². The summed E-state index contributed by atoms with van der Waals surface area (Å²) < 4.78 is 0.902. The van der Waals surface area contributed by atoms with Gasteiger partial charge in [0.05, 0.1) is 0 Å². The van der Waals surface area contributed by atoms with Crippen LogP contribution in [0, 0.1) is 0 Å². The lowest BCUT2D eigenvalue weighted by atomic mass is 9.66. The fourth-order valence-electron chi connectivity index (χ4n) is 3.90. The minimum absolute atomic E-state index is 0.599. The normalized spacial score (nSPS) is 13.6. The first-order valence-corrected chi connectivity index (χ1v) is 10.2. The molecule has 0 fully saturated rings. The standard InChI is InChI=1S/C26H21BrO2/c27-24-18-16-23(17-19-24)26(29,22-14-8-3-9-15-22)25(28,20-10-4-1-5-11-20)21-12-6-2-7-13-21/h1-19,28-29H. The molecule has 0 aromatic heterocycles. The van der Waals surface area contributed by atoms with E-state index >= 15 is 0 Å². The van der Waals surface area contributed by atoms with Gasteiger partial charge in [0, 0.05) is 4.47 Å². The highest BCUT2D eigenvalue weighted by molar-refractivity contribution is 9.10. The Morgan fingerprint density at radius 2 is 0.690 bits per heavy atom. The molecule has 0 heterocycles. The van der Waals surface area contributed by atoms with E-state index in [1.165, 1.54) is 0 Å². The molecule has 3 heteroatoms. The summed E-state index contributed by atoms with van der Waals surface area (Å²) in [5, 5.41) is 24.8. The molecule has 4 aromatic rings. The Bertz CT molecular complexity index is 1020. The van der Waals surface area contributed by atoms with E-state index in [9.17, 15) is 10.2 Å². The van der Waals surface area contributed by atoms with Gasteiger partial charge in [-0.05, 0) is 34.4 Å². The topological polar surface area (TPSA) is 40.5 Å². The van der Waals surface area contributed by atoms with Gasteiger partial charge >= 0.3 is 0 Å². The third-order valence-electron chi connectivity index (χ3n) is 5.36. The lowest BCUT2D eigenvalue weighted by Gasteiger charge is -2.45. The number of hydrogen-bond donors (Lipinski definition) is 2. The van der Waals surface area contributed by atoms with Crippen LogP contribution in [0.4, 0.5) is 0 Å². The Balaban J connectivity index is 2.09. The molecular weight excluding hydrogens is 424 g/mol. The molecule has 1 unspecified atom stereocenters. The molecule has 144 valence electrons. The molecule has 0 saturated carbocycles. The number of halogens is 1. The predicted octanol–water partition coefficient (Wildman–Crippen LogP) is 5.62. The summed E-state index contributed by atoms with van der Waals surface area (Å²) >= 11 is 3.46. The highest BCUT2D eigenvalue weighted by atomic mass is 79.9. The van der Waals surface area contributed by atoms with Gasteiger partial charge in [-0.2, -0.15) is 0 Å². The quantitative estimate of drug-likeness (QED) is 0.419. The van der Waals surface area contributed by atoms with Gasteiger partial charge in [-0.3, -0.25) is 0 Å². The molecule has 0 radical (unpaired) electrons.